The van der Waals surface area contributed by atoms with Crippen LogP contribution in [0, 0.1) is 5.92 Å². The number of amides is 1. The third-order valence-corrected chi connectivity index (χ3v) is 4.52. The van der Waals surface area contributed by atoms with Gasteiger partial charge in [-0.05, 0) is 43.0 Å². The van der Waals surface area contributed by atoms with Gasteiger partial charge in [-0.25, -0.2) is 0 Å². The lowest BCUT2D eigenvalue weighted by Crippen LogP contribution is -2.39. The lowest BCUT2D eigenvalue weighted by Gasteiger charge is -2.32. The van der Waals surface area contributed by atoms with Crippen LogP contribution in [0.5, 0.6) is 0 Å². The molecule has 122 valence electrons. The summed E-state index contributed by atoms with van der Waals surface area (Å²) in [7, 11) is 3.98. The highest BCUT2D eigenvalue weighted by molar-refractivity contribution is 5.95. The van der Waals surface area contributed by atoms with Crippen molar-refractivity contribution in [3.63, 3.8) is 0 Å². The van der Waals surface area contributed by atoms with Crippen LogP contribution in [0.4, 0.5) is 5.69 Å². The fourth-order valence-corrected chi connectivity index (χ4v) is 3.09. The number of aromatic nitrogens is 2. The van der Waals surface area contributed by atoms with Crippen LogP contribution in [0.3, 0.4) is 0 Å². The van der Waals surface area contributed by atoms with Gasteiger partial charge in [-0.3, -0.25) is 9.48 Å². The summed E-state index contributed by atoms with van der Waals surface area (Å²) >= 11 is 0. The average molecular weight is 312 g/mol. The Kier molecular flexibility index (Phi) is 4.65. The van der Waals surface area contributed by atoms with Crippen molar-refractivity contribution in [3.8, 4) is 0 Å². The number of likely N-dealkylation sites (tertiary alicyclic amines) is 1. The number of nitrogens with zero attached hydrogens (tertiary/aromatic N) is 4. The maximum atomic E-state index is 12.7. The van der Waals surface area contributed by atoms with E-state index in [-0.39, 0.29) is 5.91 Å². The Morgan fingerprint density at radius 3 is 2.70 bits per heavy atom. The van der Waals surface area contributed by atoms with Gasteiger partial charge in [0.05, 0.1) is 0 Å². The maximum Gasteiger partial charge on any atom is 0.253 e. The van der Waals surface area contributed by atoms with Crippen LogP contribution in [-0.4, -0.2) is 47.8 Å². The van der Waals surface area contributed by atoms with Gasteiger partial charge in [0.25, 0.3) is 5.91 Å². The molecule has 1 amide bonds. The largest absolute Gasteiger partial charge is 0.378 e. The van der Waals surface area contributed by atoms with E-state index in [1.807, 2.05) is 71.3 Å². The van der Waals surface area contributed by atoms with Crippen molar-refractivity contribution in [2.24, 2.45) is 5.92 Å². The summed E-state index contributed by atoms with van der Waals surface area (Å²) in [6.07, 6.45) is 5.90. The van der Waals surface area contributed by atoms with E-state index in [0.29, 0.717) is 5.92 Å². The molecule has 1 aromatic carbocycles. The first-order valence-electron chi connectivity index (χ1n) is 8.17. The number of piperidine rings is 1. The lowest BCUT2D eigenvalue weighted by atomic mass is 9.96. The van der Waals surface area contributed by atoms with Gasteiger partial charge in [-0.2, -0.15) is 5.10 Å². The molecule has 1 fully saturated rings. The number of benzene rings is 1. The highest BCUT2D eigenvalue weighted by atomic mass is 16.2. The molecule has 0 atom stereocenters. The van der Waals surface area contributed by atoms with Crippen LogP contribution in [0.25, 0.3) is 0 Å². The minimum Gasteiger partial charge on any atom is -0.378 e. The van der Waals surface area contributed by atoms with Crippen LogP contribution in [0.2, 0.25) is 0 Å². The van der Waals surface area contributed by atoms with Crippen LogP contribution in [-0.2, 0) is 6.54 Å². The Balaban J connectivity index is 1.58. The molecule has 1 aromatic heterocycles. The predicted octanol–water partition coefficient (Wildman–Crippen LogP) is 2.50. The van der Waals surface area contributed by atoms with E-state index >= 15 is 0 Å². The molecule has 0 bridgehead atoms. The Morgan fingerprint density at radius 1 is 1.26 bits per heavy atom. The summed E-state index contributed by atoms with van der Waals surface area (Å²) in [5, 5.41) is 4.27. The predicted molar refractivity (Wildman–Crippen MR) is 91.6 cm³/mol. The Bertz CT molecular complexity index is 643. The second-order valence-corrected chi connectivity index (χ2v) is 6.41. The van der Waals surface area contributed by atoms with Crippen molar-refractivity contribution in [2.45, 2.75) is 19.4 Å². The topological polar surface area (TPSA) is 41.4 Å². The molecule has 0 unspecified atom stereocenters. The highest BCUT2D eigenvalue weighted by Crippen LogP contribution is 2.22. The molecule has 5 heteroatoms. The van der Waals surface area contributed by atoms with Gasteiger partial charge in [-0.1, -0.05) is 6.07 Å². The Hall–Kier alpha value is -2.30. The summed E-state index contributed by atoms with van der Waals surface area (Å²) in [6.45, 7) is 2.61. The van der Waals surface area contributed by atoms with E-state index in [1.165, 1.54) is 0 Å². The molecular formula is C18H24N4O. The molecule has 1 aliphatic rings. The standard InChI is InChI=1S/C18H24N4O/c1-20(2)17-6-3-5-16(13-17)18(23)21-11-7-15(8-12-21)14-22-10-4-9-19-22/h3-6,9-10,13,15H,7-8,11-12,14H2,1-2H3. The van der Waals surface area contributed by atoms with Crippen LogP contribution < -0.4 is 4.90 Å². The van der Waals surface area contributed by atoms with Gasteiger partial charge >= 0.3 is 0 Å². The van der Waals surface area contributed by atoms with Gasteiger partial charge < -0.3 is 9.80 Å². The third-order valence-electron chi connectivity index (χ3n) is 4.52. The van der Waals surface area contributed by atoms with Gasteiger partial charge in [-0.15, -0.1) is 0 Å². The SMILES string of the molecule is CN(C)c1cccc(C(=O)N2CCC(Cn3cccn3)CC2)c1. The molecule has 0 spiro atoms. The molecule has 1 saturated heterocycles. The quantitative estimate of drug-likeness (QED) is 0.871. The molecular weight excluding hydrogens is 288 g/mol. The molecule has 0 N–H and O–H groups in total. The van der Waals surface area contributed by atoms with Gasteiger partial charge in [0.2, 0.25) is 0 Å². The second-order valence-electron chi connectivity index (χ2n) is 6.41. The van der Waals surface area contributed by atoms with E-state index in [1.54, 1.807) is 0 Å². The lowest BCUT2D eigenvalue weighted by molar-refractivity contribution is 0.0681. The number of rotatable bonds is 4. The zero-order chi connectivity index (χ0) is 16.2. The van der Waals surface area contributed by atoms with Crippen molar-refractivity contribution < 1.29 is 4.79 Å². The molecule has 2 aromatic rings. The van der Waals surface area contributed by atoms with E-state index in [9.17, 15) is 4.79 Å². The van der Waals surface area contributed by atoms with E-state index in [0.717, 1.165) is 43.7 Å². The molecule has 2 heterocycles. The van der Waals surface area contributed by atoms with Crippen molar-refractivity contribution in [1.29, 1.82) is 0 Å². The maximum absolute atomic E-state index is 12.7. The summed E-state index contributed by atoms with van der Waals surface area (Å²) in [5.74, 6) is 0.748. The molecule has 1 aliphatic heterocycles. The third kappa shape index (κ3) is 3.73. The summed E-state index contributed by atoms with van der Waals surface area (Å²) in [4.78, 5) is 16.7. The molecule has 5 nitrogen and oxygen atoms in total. The zero-order valence-corrected chi connectivity index (χ0v) is 13.9. The van der Waals surface area contributed by atoms with Crippen molar-refractivity contribution >= 4 is 11.6 Å². The van der Waals surface area contributed by atoms with Gasteiger partial charge in [0.1, 0.15) is 0 Å². The van der Waals surface area contributed by atoms with Crippen LogP contribution in [0.15, 0.2) is 42.7 Å². The molecule has 3 rings (SSSR count). The first-order valence-corrected chi connectivity index (χ1v) is 8.17. The zero-order valence-electron chi connectivity index (χ0n) is 13.9. The fourth-order valence-electron chi connectivity index (χ4n) is 3.09. The van der Waals surface area contributed by atoms with Crippen LogP contribution in [0.1, 0.15) is 23.2 Å². The van der Waals surface area contributed by atoms with Crippen molar-refractivity contribution in [1.82, 2.24) is 14.7 Å². The Morgan fingerprint density at radius 2 is 2.04 bits per heavy atom. The smallest absolute Gasteiger partial charge is 0.253 e. The van der Waals surface area contributed by atoms with E-state index in [2.05, 4.69) is 5.10 Å². The minimum atomic E-state index is 0.145. The van der Waals surface area contributed by atoms with Crippen LogP contribution >= 0.6 is 0 Å². The number of hydrogen-bond acceptors (Lipinski definition) is 3. The summed E-state index contributed by atoms with van der Waals surface area (Å²) in [6, 6.07) is 9.81. The minimum absolute atomic E-state index is 0.145. The van der Waals surface area contributed by atoms with Crippen molar-refractivity contribution in [2.75, 3.05) is 32.1 Å². The number of anilines is 1. The van der Waals surface area contributed by atoms with Gasteiger partial charge in [0.15, 0.2) is 0 Å². The molecule has 0 radical (unpaired) electrons. The molecule has 0 aliphatic carbocycles. The number of carbonyl (C=O) groups is 1. The van der Waals surface area contributed by atoms with E-state index in [4.69, 9.17) is 0 Å². The number of carbonyl (C=O) groups excluding carboxylic acids is 1. The van der Waals surface area contributed by atoms with Crippen molar-refractivity contribution in [3.05, 3.63) is 48.3 Å². The summed E-state index contributed by atoms with van der Waals surface area (Å²) < 4.78 is 1.99. The average Bonchev–Trinajstić information content (AvgIpc) is 3.08. The first kappa shape index (κ1) is 15.6. The first-order chi connectivity index (χ1) is 11.1. The normalized spacial score (nSPS) is 15.7. The molecule has 23 heavy (non-hydrogen) atoms. The second kappa shape index (κ2) is 6.86. The van der Waals surface area contributed by atoms with Gasteiger partial charge in [0, 0.05) is 57.4 Å². The monoisotopic (exact) mass is 312 g/mol. The van der Waals surface area contributed by atoms with E-state index < -0.39 is 0 Å². The number of hydrogen-bond donors (Lipinski definition) is 0. The highest BCUT2D eigenvalue weighted by Gasteiger charge is 2.24. The summed E-state index contributed by atoms with van der Waals surface area (Å²) in [5.41, 5.74) is 1.84. The Labute approximate surface area is 137 Å². The molecule has 0 saturated carbocycles. The fraction of sp³-hybridized carbons (Fsp3) is 0.444.